The number of primary amides is 1. The lowest BCUT2D eigenvalue weighted by Gasteiger charge is -2.39. The first-order valence-corrected chi connectivity index (χ1v) is 29.5. The summed E-state index contributed by atoms with van der Waals surface area (Å²) in [5.74, 6) is 1.42. The van der Waals surface area contributed by atoms with Crippen molar-refractivity contribution in [1.29, 1.82) is 0 Å². The number of rotatable bonds is 18. The van der Waals surface area contributed by atoms with Crippen molar-refractivity contribution >= 4 is 82.3 Å². The summed E-state index contributed by atoms with van der Waals surface area (Å²) in [6, 6.07) is 21.0. The molecule has 4 aliphatic heterocycles. The maximum Gasteiger partial charge on any atom is 0.399 e. The van der Waals surface area contributed by atoms with Crippen molar-refractivity contribution in [2.24, 2.45) is 5.73 Å². The smallest absolute Gasteiger partial charge is 0.370 e. The van der Waals surface area contributed by atoms with Crippen LogP contribution in [0.2, 0.25) is 0 Å². The fraction of sp³-hybridized carbons (Fsp3) is 0.362. The van der Waals surface area contributed by atoms with Crippen molar-refractivity contribution in [2.75, 3.05) is 19.6 Å². The van der Waals surface area contributed by atoms with Crippen LogP contribution >= 0.6 is 18.9 Å². The van der Waals surface area contributed by atoms with Crippen LogP contribution in [-0.4, -0.2) is 128 Å². The van der Waals surface area contributed by atoms with Crippen LogP contribution in [-0.2, 0) is 45.5 Å². The van der Waals surface area contributed by atoms with E-state index >= 15 is 4.79 Å². The Morgan fingerprint density at radius 2 is 1.59 bits per heavy atom. The lowest BCUT2D eigenvalue weighted by molar-refractivity contribution is -0.143. The molecule has 1 aromatic heterocycles. The van der Waals surface area contributed by atoms with Gasteiger partial charge in [-0.3, -0.25) is 48.2 Å². The number of nitrogens with one attached hydrogen (secondary N) is 5. The molecular weight excluding hydrogens is 1120 g/mol. The summed E-state index contributed by atoms with van der Waals surface area (Å²) in [5, 5.41) is 13.7. The predicted molar refractivity (Wildman–Crippen MR) is 299 cm³/mol. The molecule has 4 aliphatic rings. The van der Waals surface area contributed by atoms with E-state index in [1.807, 2.05) is 60.7 Å². The molecule has 434 valence electrons. The van der Waals surface area contributed by atoms with Gasteiger partial charge in [-0.15, -0.1) is 11.3 Å². The molecule has 0 aliphatic carbocycles. The Hall–Kier alpha value is -8.36. The van der Waals surface area contributed by atoms with Gasteiger partial charge >= 0.3 is 19.3 Å². The number of nitrogens with two attached hydrogens (primary N) is 1. The number of amides is 10. The van der Waals surface area contributed by atoms with E-state index in [-0.39, 0.29) is 86.8 Å². The molecule has 21 nitrogen and oxygen atoms in total. The average Bonchev–Trinajstić information content (AvgIpc) is 4.43. The van der Waals surface area contributed by atoms with E-state index in [9.17, 15) is 61.5 Å². The van der Waals surface area contributed by atoms with Crippen molar-refractivity contribution in [2.45, 2.75) is 113 Å². The van der Waals surface area contributed by atoms with Gasteiger partial charge in [0.15, 0.2) is 0 Å². The SMILES string of the molecule is NC(=O)CC[C@H](NC(=O)[C@@H]1CC[C@@H]2CCN(C(=O)NCCCCC#Cc3cccc4c3CN(C3CCC(=O)NC3=O)C4=O)C[C@H](NC(=O)c3cc4cc(C(F)(F)P(=O)(O)O)ccc4s3)C(=O)N21)C(=O)NC(c1ccccc1)c1ccccc1. The Labute approximate surface area is 479 Å². The Morgan fingerprint density at radius 1 is 0.867 bits per heavy atom. The summed E-state index contributed by atoms with van der Waals surface area (Å²) in [6.45, 7) is 0.0614. The Balaban J connectivity index is 0.888. The topological polar surface area (TPSA) is 307 Å². The van der Waals surface area contributed by atoms with Crippen molar-refractivity contribution in [3.05, 3.63) is 141 Å². The van der Waals surface area contributed by atoms with Crippen LogP contribution in [0.3, 0.4) is 0 Å². The van der Waals surface area contributed by atoms with Crippen LogP contribution in [0.4, 0.5) is 13.6 Å². The number of carbonyl (C=O) groups excluding carboxylic acids is 9. The summed E-state index contributed by atoms with van der Waals surface area (Å²) >= 11 is 0.858. The van der Waals surface area contributed by atoms with Gasteiger partial charge in [0.05, 0.1) is 17.5 Å². The number of alkyl halides is 2. The van der Waals surface area contributed by atoms with Crippen LogP contribution < -0.4 is 32.3 Å². The molecule has 25 heteroatoms. The predicted octanol–water partition coefficient (Wildman–Crippen LogP) is 4.64. The minimum absolute atomic E-state index is 0.0605. The van der Waals surface area contributed by atoms with Gasteiger partial charge in [0, 0.05) is 66.3 Å². The van der Waals surface area contributed by atoms with Crippen LogP contribution in [0, 0.1) is 11.8 Å². The first-order valence-electron chi connectivity index (χ1n) is 27.1. The molecule has 83 heavy (non-hydrogen) atoms. The number of unbranched alkanes of at least 4 members (excludes halogenated alkanes) is 2. The maximum atomic E-state index is 15.0. The first-order chi connectivity index (χ1) is 39.7. The molecule has 1 unspecified atom stereocenters. The fourth-order valence-corrected chi connectivity index (χ4v) is 12.3. The second-order valence-electron chi connectivity index (χ2n) is 20.8. The number of urea groups is 1. The number of hydrogen-bond donors (Lipinski definition) is 8. The summed E-state index contributed by atoms with van der Waals surface area (Å²) in [5.41, 5.74) is 3.27. The molecule has 5 atom stereocenters. The van der Waals surface area contributed by atoms with Gasteiger partial charge in [-0.1, -0.05) is 84.6 Å². The molecule has 0 spiro atoms. The zero-order valence-electron chi connectivity index (χ0n) is 44.7. The maximum absolute atomic E-state index is 15.0. The molecule has 0 radical (unpaired) electrons. The second-order valence-corrected chi connectivity index (χ2v) is 23.5. The van der Waals surface area contributed by atoms with Gasteiger partial charge in [0.25, 0.3) is 11.8 Å². The number of thiophene rings is 1. The van der Waals surface area contributed by atoms with E-state index in [1.165, 1.54) is 26.8 Å². The van der Waals surface area contributed by atoms with E-state index in [0.29, 0.717) is 47.1 Å². The van der Waals surface area contributed by atoms with E-state index in [1.54, 1.807) is 18.2 Å². The number of hydrogen-bond acceptors (Lipinski definition) is 11. The number of carbonyl (C=O) groups is 9. The molecule has 3 saturated heterocycles. The third-order valence-corrected chi connectivity index (χ3v) is 17.3. The summed E-state index contributed by atoms with van der Waals surface area (Å²) in [6.07, 6.45) is 2.02. The van der Waals surface area contributed by atoms with E-state index in [2.05, 4.69) is 38.4 Å². The highest BCUT2D eigenvalue weighted by molar-refractivity contribution is 7.52. The number of halogens is 2. The Morgan fingerprint density at radius 3 is 2.28 bits per heavy atom. The zero-order chi connectivity index (χ0) is 59.2. The minimum atomic E-state index is -5.93. The molecule has 9 N–H and O–H groups in total. The lowest BCUT2D eigenvalue weighted by Crippen LogP contribution is -2.62. The van der Waals surface area contributed by atoms with Gasteiger partial charge in [-0.25, -0.2) is 4.79 Å². The van der Waals surface area contributed by atoms with Crippen molar-refractivity contribution in [1.82, 2.24) is 41.3 Å². The van der Waals surface area contributed by atoms with Gasteiger partial charge in [-0.05, 0) is 97.4 Å². The highest BCUT2D eigenvalue weighted by Gasteiger charge is 2.51. The second kappa shape index (κ2) is 25.4. The summed E-state index contributed by atoms with van der Waals surface area (Å²) in [4.78, 5) is 144. The molecule has 10 amide bonds. The standard InChI is InChI=1S/C58H60F2N9O12PS/c59-58(60,82(79,80)81)38-19-24-46-37(30-38)31-47(83-46)54(75)64-43-33-67(57(78)62-28-10-2-1-5-12-34-17-11-18-40-41(34)32-68(55(40)76)44-23-26-49(71)65-52(44)73)29-27-39-20-22-45(69(39)56(43)77)53(74)63-42(21-25-48(61)70)51(72)66-50(35-13-6-3-7-14-35)36-15-8-4-9-16-36/h3-4,6-9,11,13-19,24,30-31,39,42-45,50H,1-2,10,20-23,25-29,32-33H2,(H2,61,70)(H,62,78)(H,63,74)(H,64,75)(H,66,72)(H,65,71,73)(H2,79,80,81)/t39-,42+,43+,44?,45+/m1/s1. The van der Waals surface area contributed by atoms with Gasteiger partial charge in [0.2, 0.25) is 35.4 Å². The van der Waals surface area contributed by atoms with Crippen LogP contribution in [0.15, 0.2) is 103 Å². The molecule has 0 bridgehead atoms. The van der Waals surface area contributed by atoms with Crippen LogP contribution in [0.1, 0.15) is 118 Å². The molecule has 0 saturated carbocycles. The van der Waals surface area contributed by atoms with Gasteiger partial charge in [0.1, 0.15) is 24.2 Å². The fourth-order valence-electron chi connectivity index (χ4n) is 10.9. The van der Waals surface area contributed by atoms with Crippen molar-refractivity contribution in [3.8, 4) is 11.8 Å². The number of fused-ring (bicyclic) bond motifs is 3. The summed E-state index contributed by atoms with van der Waals surface area (Å²) in [7, 11) is -5.93. The third-order valence-electron chi connectivity index (χ3n) is 15.2. The van der Waals surface area contributed by atoms with E-state index < -0.39 is 96.5 Å². The number of benzene rings is 4. The lowest BCUT2D eigenvalue weighted by atomic mass is 9.98. The minimum Gasteiger partial charge on any atom is -0.370 e. The van der Waals surface area contributed by atoms with Crippen LogP contribution in [0.25, 0.3) is 10.1 Å². The molecule has 5 aromatic rings. The number of piperidine rings is 1. The highest BCUT2D eigenvalue weighted by atomic mass is 32.1. The normalized spacial score (nSPS) is 19.4. The van der Waals surface area contributed by atoms with Crippen molar-refractivity contribution < 1.29 is 66.3 Å². The molecule has 9 rings (SSSR count). The zero-order valence-corrected chi connectivity index (χ0v) is 46.4. The van der Waals surface area contributed by atoms with Crippen LogP contribution in [0.5, 0.6) is 0 Å². The molecule has 4 aromatic carbocycles. The number of nitrogens with zero attached hydrogens (tertiary/aromatic N) is 3. The molecule has 5 heterocycles. The highest BCUT2D eigenvalue weighted by Crippen LogP contribution is 2.59. The number of imide groups is 1. The third kappa shape index (κ3) is 13.4. The summed E-state index contributed by atoms with van der Waals surface area (Å²) < 4.78 is 41.5. The van der Waals surface area contributed by atoms with Gasteiger partial charge in [-0.2, -0.15) is 8.78 Å². The van der Waals surface area contributed by atoms with Crippen molar-refractivity contribution in [3.63, 3.8) is 0 Å². The molecule has 3 fully saturated rings. The average molecular weight is 1180 g/mol. The monoisotopic (exact) mass is 1180 g/mol. The Kier molecular flexibility index (Phi) is 18.2. The van der Waals surface area contributed by atoms with Gasteiger partial charge < -0.3 is 51.5 Å². The molecular formula is C58H60F2N9O12PS. The first kappa shape index (κ1) is 59.3. The largest absolute Gasteiger partial charge is 0.399 e. The van der Waals surface area contributed by atoms with E-state index in [0.717, 1.165) is 34.6 Å². The van der Waals surface area contributed by atoms with E-state index in [4.69, 9.17) is 5.73 Å². The Bertz CT molecular complexity index is 3440. The quantitative estimate of drug-likeness (QED) is 0.0258.